The van der Waals surface area contributed by atoms with Crippen molar-refractivity contribution in [1.29, 1.82) is 0 Å². The Balaban J connectivity index is 1.75. The molecule has 2 aromatic rings. The van der Waals surface area contributed by atoms with Crippen molar-refractivity contribution in [1.82, 2.24) is 0 Å². The number of aliphatic hydroxyl groups is 4. The van der Waals surface area contributed by atoms with Gasteiger partial charge in [0.2, 0.25) is 6.29 Å². The molecule has 1 heterocycles. The largest absolute Gasteiger partial charge is 0.462 e. The van der Waals surface area contributed by atoms with Crippen molar-refractivity contribution >= 4 is 0 Å². The van der Waals surface area contributed by atoms with Crippen molar-refractivity contribution in [3.8, 4) is 16.9 Å². The first-order valence-electron chi connectivity index (χ1n) is 8.45. The van der Waals surface area contributed by atoms with E-state index in [1.165, 1.54) is 30.3 Å². The van der Waals surface area contributed by atoms with E-state index in [9.17, 15) is 33.6 Å². The van der Waals surface area contributed by atoms with Crippen molar-refractivity contribution in [2.24, 2.45) is 0 Å². The van der Waals surface area contributed by atoms with Crippen molar-refractivity contribution in [2.75, 3.05) is 6.61 Å². The van der Waals surface area contributed by atoms with Crippen LogP contribution in [0.4, 0.5) is 13.2 Å². The Morgan fingerprint density at radius 3 is 2.18 bits per heavy atom. The SMILES string of the molecule is OC[C@H]1O[C@H](Oc2ccc(-c3cccc(C(F)(F)F)c3)cc2)[C@@H](O)[C@@H](O)[C@@H]1O. The Morgan fingerprint density at radius 1 is 0.893 bits per heavy atom. The highest BCUT2D eigenvalue weighted by Crippen LogP contribution is 2.33. The van der Waals surface area contributed by atoms with Gasteiger partial charge in [-0.15, -0.1) is 0 Å². The fourth-order valence-electron chi connectivity index (χ4n) is 2.90. The number of hydrogen-bond acceptors (Lipinski definition) is 6. The minimum absolute atomic E-state index is 0.222. The van der Waals surface area contributed by atoms with Gasteiger partial charge in [-0.3, -0.25) is 0 Å². The first-order valence-corrected chi connectivity index (χ1v) is 8.45. The molecule has 0 radical (unpaired) electrons. The Kier molecular flexibility index (Phi) is 5.92. The molecule has 152 valence electrons. The summed E-state index contributed by atoms with van der Waals surface area (Å²) in [5.41, 5.74) is 0.133. The highest BCUT2D eigenvalue weighted by molar-refractivity contribution is 5.65. The molecule has 1 aliphatic heterocycles. The van der Waals surface area contributed by atoms with Gasteiger partial charge in [0, 0.05) is 0 Å². The molecule has 28 heavy (non-hydrogen) atoms. The van der Waals surface area contributed by atoms with E-state index in [0.717, 1.165) is 12.1 Å². The summed E-state index contributed by atoms with van der Waals surface area (Å²) in [7, 11) is 0. The third-order valence-electron chi connectivity index (χ3n) is 4.48. The molecule has 0 saturated carbocycles. The smallest absolute Gasteiger partial charge is 0.416 e. The van der Waals surface area contributed by atoms with Crippen LogP contribution in [0.3, 0.4) is 0 Å². The summed E-state index contributed by atoms with van der Waals surface area (Å²) >= 11 is 0. The van der Waals surface area contributed by atoms with E-state index < -0.39 is 49.1 Å². The minimum atomic E-state index is -4.44. The molecule has 0 spiro atoms. The second-order valence-corrected chi connectivity index (χ2v) is 6.42. The molecule has 9 heteroatoms. The number of benzene rings is 2. The van der Waals surface area contributed by atoms with Gasteiger partial charge < -0.3 is 29.9 Å². The summed E-state index contributed by atoms with van der Waals surface area (Å²) < 4.78 is 49.3. The Bertz CT molecular complexity index is 793. The quantitative estimate of drug-likeness (QED) is 0.622. The van der Waals surface area contributed by atoms with E-state index in [-0.39, 0.29) is 5.75 Å². The third-order valence-corrected chi connectivity index (χ3v) is 4.48. The van der Waals surface area contributed by atoms with Crippen LogP contribution in [0.5, 0.6) is 5.75 Å². The van der Waals surface area contributed by atoms with Crippen LogP contribution in [0, 0.1) is 0 Å². The van der Waals surface area contributed by atoms with Crippen LogP contribution >= 0.6 is 0 Å². The van der Waals surface area contributed by atoms with Gasteiger partial charge in [0.15, 0.2) is 0 Å². The van der Waals surface area contributed by atoms with Gasteiger partial charge in [-0.1, -0.05) is 24.3 Å². The summed E-state index contributed by atoms with van der Waals surface area (Å²) in [6.45, 7) is -0.584. The number of alkyl halides is 3. The lowest BCUT2D eigenvalue weighted by atomic mass is 9.99. The zero-order chi connectivity index (χ0) is 20.5. The Hall–Kier alpha value is -2.17. The normalized spacial score (nSPS) is 28.2. The molecule has 5 atom stereocenters. The molecule has 6 nitrogen and oxygen atoms in total. The maximum Gasteiger partial charge on any atom is 0.416 e. The minimum Gasteiger partial charge on any atom is -0.462 e. The van der Waals surface area contributed by atoms with E-state index >= 15 is 0 Å². The van der Waals surface area contributed by atoms with Crippen LogP contribution in [-0.2, 0) is 10.9 Å². The first-order chi connectivity index (χ1) is 13.2. The zero-order valence-corrected chi connectivity index (χ0v) is 14.5. The van der Waals surface area contributed by atoms with Gasteiger partial charge >= 0.3 is 6.18 Å². The maximum atomic E-state index is 12.9. The molecule has 4 N–H and O–H groups in total. The molecule has 0 amide bonds. The molecule has 0 aromatic heterocycles. The summed E-state index contributed by atoms with van der Waals surface area (Å²) in [4.78, 5) is 0. The lowest BCUT2D eigenvalue weighted by Gasteiger charge is -2.39. The van der Waals surface area contributed by atoms with Crippen molar-refractivity contribution in [3.05, 3.63) is 54.1 Å². The van der Waals surface area contributed by atoms with Gasteiger partial charge in [-0.2, -0.15) is 13.2 Å². The van der Waals surface area contributed by atoms with E-state index in [1.807, 2.05) is 0 Å². The Labute approximate surface area is 158 Å². The van der Waals surface area contributed by atoms with Crippen LogP contribution in [0.2, 0.25) is 0 Å². The van der Waals surface area contributed by atoms with Gasteiger partial charge in [0.25, 0.3) is 0 Å². The molecule has 1 fully saturated rings. The summed E-state index contributed by atoms with van der Waals surface area (Å²) in [6, 6.07) is 10.9. The molecule has 0 bridgehead atoms. The number of ether oxygens (including phenoxy) is 2. The molecule has 0 unspecified atom stereocenters. The fraction of sp³-hybridized carbons (Fsp3) is 0.368. The summed E-state index contributed by atoms with van der Waals surface area (Å²) in [5, 5.41) is 38.7. The molecular formula is C19H19F3O6. The number of aliphatic hydroxyl groups excluding tert-OH is 4. The van der Waals surface area contributed by atoms with Crippen molar-refractivity contribution in [3.63, 3.8) is 0 Å². The zero-order valence-electron chi connectivity index (χ0n) is 14.5. The lowest BCUT2D eigenvalue weighted by molar-refractivity contribution is -0.277. The Morgan fingerprint density at radius 2 is 1.57 bits per heavy atom. The van der Waals surface area contributed by atoms with E-state index in [1.54, 1.807) is 6.07 Å². The second kappa shape index (κ2) is 8.06. The molecule has 0 aliphatic carbocycles. The van der Waals surface area contributed by atoms with Gasteiger partial charge in [0.05, 0.1) is 12.2 Å². The highest BCUT2D eigenvalue weighted by Gasteiger charge is 2.44. The van der Waals surface area contributed by atoms with Crippen LogP contribution < -0.4 is 4.74 Å². The lowest BCUT2D eigenvalue weighted by Crippen LogP contribution is -2.60. The standard InChI is InChI=1S/C19H19F3O6/c20-19(21,22)12-3-1-2-11(8-12)10-4-6-13(7-5-10)27-18-17(26)16(25)15(24)14(9-23)28-18/h1-8,14-18,23-26H,9H2/t14-,15-,16+,17+,18+/m1/s1. The first kappa shape index (κ1) is 20.6. The van der Waals surface area contributed by atoms with Gasteiger partial charge in [-0.25, -0.2) is 0 Å². The van der Waals surface area contributed by atoms with E-state index in [4.69, 9.17) is 9.47 Å². The van der Waals surface area contributed by atoms with Crippen LogP contribution in [0.25, 0.3) is 11.1 Å². The topological polar surface area (TPSA) is 99.4 Å². The van der Waals surface area contributed by atoms with Crippen LogP contribution in [-0.4, -0.2) is 57.7 Å². The second-order valence-electron chi connectivity index (χ2n) is 6.42. The number of hydrogen-bond donors (Lipinski definition) is 4. The summed E-state index contributed by atoms with van der Waals surface area (Å²) in [6.07, 6.45) is -11.5. The third kappa shape index (κ3) is 4.29. The average Bonchev–Trinajstić information content (AvgIpc) is 2.68. The van der Waals surface area contributed by atoms with Crippen LogP contribution in [0.1, 0.15) is 5.56 Å². The molecular weight excluding hydrogens is 381 g/mol. The summed E-state index contributed by atoms with van der Waals surface area (Å²) in [5.74, 6) is 0.222. The average molecular weight is 400 g/mol. The fourth-order valence-corrected chi connectivity index (χ4v) is 2.90. The molecule has 1 aliphatic rings. The number of rotatable bonds is 4. The molecule has 2 aromatic carbocycles. The maximum absolute atomic E-state index is 12.9. The van der Waals surface area contributed by atoms with Gasteiger partial charge in [0.1, 0.15) is 30.2 Å². The van der Waals surface area contributed by atoms with E-state index in [2.05, 4.69) is 0 Å². The van der Waals surface area contributed by atoms with Gasteiger partial charge in [-0.05, 0) is 35.4 Å². The van der Waals surface area contributed by atoms with Crippen molar-refractivity contribution < 1.29 is 43.1 Å². The highest BCUT2D eigenvalue weighted by atomic mass is 19.4. The monoisotopic (exact) mass is 400 g/mol. The molecule has 1 saturated heterocycles. The molecule has 3 rings (SSSR count). The van der Waals surface area contributed by atoms with Crippen molar-refractivity contribution in [2.45, 2.75) is 36.9 Å². The van der Waals surface area contributed by atoms with Crippen LogP contribution in [0.15, 0.2) is 48.5 Å². The van der Waals surface area contributed by atoms with E-state index in [0.29, 0.717) is 11.1 Å². The predicted octanol–water partition coefficient (Wildman–Crippen LogP) is 1.55. The predicted molar refractivity (Wildman–Crippen MR) is 91.3 cm³/mol. The number of halogens is 3.